The maximum Gasteiger partial charge on any atom is 0.354 e. The Morgan fingerprint density at radius 3 is 2.97 bits per heavy atom. The normalized spacial score (nSPS) is 16.6. The van der Waals surface area contributed by atoms with Crippen molar-refractivity contribution in [2.45, 2.75) is 31.4 Å². The molecule has 0 spiro atoms. The van der Waals surface area contributed by atoms with E-state index in [9.17, 15) is 13.4 Å². The number of carbonyl (C=O) groups is 1. The van der Waals surface area contributed by atoms with Gasteiger partial charge in [0.1, 0.15) is 16.8 Å². The highest BCUT2D eigenvalue weighted by Gasteiger charge is 2.28. The van der Waals surface area contributed by atoms with Crippen LogP contribution in [0.15, 0.2) is 45.9 Å². The molecule has 0 saturated heterocycles. The molecule has 1 aromatic carbocycles. The number of urea groups is 1. The van der Waals surface area contributed by atoms with Crippen LogP contribution in [0.5, 0.6) is 11.8 Å². The molecule has 1 aliphatic rings. The molecule has 0 saturated carbocycles. The summed E-state index contributed by atoms with van der Waals surface area (Å²) in [6.07, 6.45) is 2.62. The number of ether oxygens (including phenoxy) is 2. The van der Waals surface area contributed by atoms with Crippen molar-refractivity contribution in [3.63, 3.8) is 0 Å². The summed E-state index contributed by atoms with van der Waals surface area (Å²) in [5, 5.41) is 12.5. The average molecular weight is 460 g/mol. The molecule has 32 heavy (non-hydrogen) atoms. The van der Waals surface area contributed by atoms with Crippen LogP contribution >= 0.6 is 0 Å². The third-order valence-electron chi connectivity index (χ3n) is 4.92. The van der Waals surface area contributed by atoms with E-state index in [1.165, 1.54) is 43.2 Å². The summed E-state index contributed by atoms with van der Waals surface area (Å²) in [5.41, 5.74) is 1.46. The Bertz CT molecular complexity index is 1330. The van der Waals surface area contributed by atoms with Gasteiger partial charge in [0.15, 0.2) is 9.92 Å². The molecule has 2 atom stereocenters. The lowest BCUT2D eigenvalue weighted by molar-refractivity contribution is 0.248. The van der Waals surface area contributed by atoms with Crippen LogP contribution in [0.4, 0.5) is 14.9 Å². The molecule has 3 N–H and O–H groups in total. The first-order valence-corrected chi connectivity index (χ1v) is 11.2. The van der Waals surface area contributed by atoms with Crippen LogP contribution in [0.3, 0.4) is 0 Å². The summed E-state index contributed by atoms with van der Waals surface area (Å²) in [5.74, 6) is 0.0316. The number of hydrogen-bond acceptors (Lipinski definition) is 6. The smallest absolute Gasteiger partial charge is 0.354 e. The van der Waals surface area contributed by atoms with Crippen molar-refractivity contribution in [3.8, 4) is 22.9 Å². The number of aromatic nitrogens is 3. The van der Waals surface area contributed by atoms with E-state index in [2.05, 4.69) is 19.8 Å². The number of nitrogens with one attached hydrogen (secondary N) is 1. The largest absolute Gasteiger partial charge is 0.481 e. The summed E-state index contributed by atoms with van der Waals surface area (Å²) in [6.45, 7) is 3.80. The fraction of sp³-hybridized carbons (Fsp3) is 0.250. The Kier molecular flexibility index (Phi) is 5.57. The number of rotatable bonds is 4. The number of carbonyl (C=O) groups excluding carboxylic acids is 1. The van der Waals surface area contributed by atoms with Crippen molar-refractivity contribution in [1.82, 2.24) is 14.8 Å². The fourth-order valence-corrected chi connectivity index (χ4v) is 4.35. The summed E-state index contributed by atoms with van der Waals surface area (Å²) < 4.78 is 43.2. The maximum atomic E-state index is 14.3. The van der Waals surface area contributed by atoms with Crippen molar-refractivity contribution >= 4 is 21.6 Å². The van der Waals surface area contributed by atoms with Crippen molar-refractivity contribution < 1.29 is 22.9 Å². The van der Waals surface area contributed by atoms with Gasteiger partial charge in [-0.2, -0.15) is 5.10 Å². The first-order chi connectivity index (χ1) is 15.2. The number of anilines is 1. The number of pyridine rings is 1. The average Bonchev–Trinajstić information content (AvgIpc) is 3.30. The molecular formula is C20H21FN6O4S. The highest BCUT2D eigenvalue weighted by Crippen LogP contribution is 2.34. The number of halogens is 1. The monoisotopic (exact) mass is 460 g/mol. The van der Waals surface area contributed by atoms with Gasteiger partial charge in [0, 0.05) is 23.4 Å². The van der Waals surface area contributed by atoms with Gasteiger partial charge in [-0.05, 0) is 37.6 Å². The van der Waals surface area contributed by atoms with Gasteiger partial charge in [-0.15, -0.1) is 4.36 Å². The van der Waals surface area contributed by atoms with Crippen LogP contribution in [-0.2, 0) is 16.5 Å². The standard InChI is InChI=1S/C20H21FN6O4S/c1-11-10-27-19(31-11)16(9-24-27)32(22,29)26-20(28)25-18-12(2)15(21)5-4-14(18)13-6-7-23-17(8-13)30-3/h4-9,11H,10H2,1-3H3,(H3,22,25,26,28,29)/t11-,32-/m1/s1. The molecule has 10 nitrogen and oxygen atoms in total. The van der Waals surface area contributed by atoms with E-state index in [1.54, 1.807) is 12.1 Å². The number of fused-ring (bicyclic) bond motifs is 1. The lowest BCUT2D eigenvalue weighted by Crippen LogP contribution is -2.19. The molecular weight excluding hydrogens is 439 g/mol. The number of amides is 2. The minimum absolute atomic E-state index is 0.0204. The van der Waals surface area contributed by atoms with Gasteiger partial charge in [0.05, 0.1) is 25.5 Å². The third kappa shape index (κ3) is 4.01. The lowest BCUT2D eigenvalue weighted by Gasteiger charge is -2.14. The zero-order valence-corrected chi connectivity index (χ0v) is 18.4. The number of benzene rings is 1. The minimum Gasteiger partial charge on any atom is -0.481 e. The molecule has 2 amide bonds. The van der Waals surface area contributed by atoms with Gasteiger partial charge in [-0.25, -0.2) is 28.2 Å². The molecule has 0 unspecified atom stereocenters. The van der Waals surface area contributed by atoms with Crippen molar-refractivity contribution in [2.75, 3.05) is 12.4 Å². The van der Waals surface area contributed by atoms with E-state index >= 15 is 0 Å². The van der Waals surface area contributed by atoms with Crippen LogP contribution in [0.2, 0.25) is 0 Å². The van der Waals surface area contributed by atoms with Gasteiger partial charge in [-0.1, -0.05) is 0 Å². The molecule has 168 valence electrons. The van der Waals surface area contributed by atoms with E-state index in [0.717, 1.165) is 0 Å². The zero-order valence-electron chi connectivity index (χ0n) is 17.5. The third-order valence-corrected chi connectivity index (χ3v) is 6.27. The van der Waals surface area contributed by atoms with E-state index in [1.807, 2.05) is 6.92 Å². The molecule has 4 rings (SSSR count). The number of nitrogens with zero attached hydrogens (tertiary/aromatic N) is 4. The fourth-order valence-electron chi connectivity index (χ4n) is 3.36. The Hall–Kier alpha value is -3.51. The molecule has 1 aliphatic heterocycles. The highest BCUT2D eigenvalue weighted by molar-refractivity contribution is 7.91. The van der Waals surface area contributed by atoms with Gasteiger partial charge in [0.2, 0.25) is 11.8 Å². The van der Waals surface area contributed by atoms with Crippen molar-refractivity contribution in [1.29, 1.82) is 0 Å². The Morgan fingerprint density at radius 1 is 1.44 bits per heavy atom. The molecule has 0 aliphatic carbocycles. The van der Waals surface area contributed by atoms with Crippen LogP contribution in [0, 0.1) is 12.7 Å². The van der Waals surface area contributed by atoms with E-state index in [0.29, 0.717) is 23.6 Å². The number of nitrogens with two attached hydrogens (primary N) is 1. The van der Waals surface area contributed by atoms with Crippen LogP contribution < -0.4 is 19.9 Å². The molecule has 0 bridgehead atoms. The summed E-state index contributed by atoms with van der Waals surface area (Å²) in [6, 6.07) is 5.11. The second kappa shape index (κ2) is 8.20. The van der Waals surface area contributed by atoms with Crippen molar-refractivity contribution in [2.24, 2.45) is 9.50 Å². The van der Waals surface area contributed by atoms with Gasteiger partial charge in [-0.3, -0.25) is 0 Å². The zero-order chi connectivity index (χ0) is 23.0. The Morgan fingerprint density at radius 2 is 2.22 bits per heavy atom. The number of methoxy groups -OCH3 is 1. The van der Waals surface area contributed by atoms with Crippen LogP contribution in [0.1, 0.15) is 12.5 Å². The lowest BCUT2D eigenvalue weighted by atomic mass is 10.0. The Balaban J connectivity index is 1.71. The highest BCUT2D eigenvalue weighted by atomic mass is 32.2. The van der Waals surface area contributed by atoms with Gasteiger partial charge >= 0.3 is 6.03 Å². The summed E-state index contributed by atoms with van der Waals surface area (Å²) in [7, 11) is -2.19. The summed E-state index contributed by atoms with van der Waals surface area (Å²) >= 11 is 0. The minimum atomic E-state index is -3.67. The van der Waals surface area contributed by atoms with Crippen molar-refractivity contribution in [3.05, 3.63) is 48.0 Å². The molecule has 3 heterocycles. The number of hydrogen-bond donors (Lipinski definition) is 2. The molecule has 3 aromatic rings. The topological polar surface area (TPSA) is 134 Å². The van der Waals surface area contributed by atoms with Crippen LogP contribution in [-0.4, -0.2) is 38.2 Å². The van der Waals surface area contributed by atoms with Gasteiger partial charge < -0.3 is 14.8 Å². The second-order valence-corrected chi connectivity index (χ2v) is 8.96. The molecule has 12 heteroatoms. The quantitative estimate of drug-likeness (QED) is 0.614. The molecule has 0 radical (unpaired) electrons. The second-order valence-electron chi connectivity index (χ2n) is 7.20. The molecule has 2 aromatic heterocycles. The first-order valence-electron chi connectivity index (χ1n) is 9.57. The SMILES string of the molecule is COc1cc(-c2ccc(F)c(C)c2NC(=O)N=[S@@](N)(=O)c2cnn3c2O[C@H](C)C3)ccn1. The molecule has 0 fully saturated rings. The van der Waals surface area contributed by atoms with E-state index in [-0.39, 0.29) is 28.1 Å². The maximum absolute atomic E-state index is 14.3. The predicted molar refractivity (Wildman–Crippen MR) is 115 cm³/mol. The van der Waals surface area contributed by atoms with E-state index < -0.39 is 21.8 Å². The Labute approximate surface area is 183 Å². The summed E-state index contributed by atoms with van der Waals surface area (Å²) in [4.78, 5) is 16.8. The predicted octanol–water partition coefficient (Wildman–Crippen LogP) is 3.11. The van der Waals surface area contributed by atoms with Crippen LogP contribution in [0.25, 0.3) is 11.1 Å². The first kappa shape index (κ1) is 21.7. The van der Waals surface area contributed by atoms with E-state index in [4.69, 9.17) is 14.6 Å². The van der Waals surface area contributed by atoms with Gasteiger partial charge in [0.25, 0.3) is 0 Å².